The second-order valence-corrected chi connectivity index (χ2v) is 7.30. The molecule has 0 saturated heterocycles. The Morgan fingerprint density at radius 2 is 2.04 bits per heavy atom. The zero-order valence-electron chi connectivity index (χ0n) is 15.1. The minimum Gasteiger partial charge on any atom is -0.507 e. The standard InChI is InChI=1S/C18H18FN5O3S/c1-26-17-21-9-20-15(22-17)10-6-7-11(13(25)8-10)16-23-24-18(28-16)27-14-5-3-2-4-12(14)19/h6-9,12,14,25H,2-5H2,1H3/t12-,14+/m1/s1. The molecule has 0 amide bonds. The van der Waals surface area contributed by atoms with Crippen molar-refractivity contribution in [2.75, 3.05) is 7.11 Å². The summed E-state index contributed by atoms with van der Waals surface area (Å²) in [6.45, 7) is 0. The van der Waals surface area contributed by atoms with Crippen LogP contribution in [0.5, 0.6) is 17.0 Å². The van der Waals surface area contributed by atoms with Crippen LogP contribution in [-0.2, 0) is 0 Å². The van der Waals surface area contributed by atoms with Crippen LogP contribution in [0.25, 0.3) is 22.0 Å². The van der Waals surface area contributed by atoms with Gasteiger partial charge in [0.15, 0.2) is 10.8 Å². The maximum Gasteiger partial charge on any atom is 0.319 e. The normalized spacial score (nSPS) is 19.4. The first-order valence-corrected chi connectivity index (χ1v) is 9.66. The van der Waals surface area contributed by atoms with E-state index in [1.54, 1.807) is 12.1 Å². The number of benzene rings is 1. The number of methoxy groups -OCH3 is 1. The molecule has 1 fully saturated rings. The molecule has 2 atom stereocenters. The number of nitrogens with zero attached hydrogens (tertiary/aromatic N) is 5. The van der Waals surface area contributed by atoms with Crippen LogP contribution < -0.4 is 9.47 Å². The maximum absolute atomic E-state index is 14.0. The molecule has 0 bridgehead atoms. The Bertz CT molecular complexity index is 970. The van der Waals surface area contributed by atoms with Gasteiger partial charge in [0.25, 0.3) is 5.19 Å². The topological polar surface area (TPSA) is 103 Å². The molecular formula is C18H18FN5O3S. The highest BCUT2D eigenvalue weighted by Gasteiger charge is 2.27. The van der Waals surface area contributed by atoms with Crippen LogP contribution in [0.2, 0.25) is 0 Å². The fraction of sp³-hybridized carbons (Fsp3) is 0.389. The molecule has 0 aliphatic heterocycles. The van der Waals surface area contributed by atoms with E-state index in [0.29, 0.717) is 40.0 Å². The number of phenols is 1. The molecule has 1 N–H and O–H groups in total. The van der Waals surface area contributed by atoms with Crippen molar-refractivity contribution in [2.45, 2.75) is 38.0 Å². The van der Waals surface area contributed by atoms with E-state index in [1.807, 2.05) is 0 Å². The zero-order chi connectivity index (χ0) is 19.5. The van der Waals surface area contributed by atoms with Crippen LogP contribution in [0.15, 0.2) is 24.5 Å². The first-order valence-electron chi connectivity index (χ1n) is 8.85. The SMILES string of the molecule is COc1ncnc(-c2ccc(-c3nnc(O[C@H]4CCCC[C@H]4F)s3)c(O)c2)n1. The summed E-state index contributed by atoms with van der Waals surface area (Å²) in [5.41, 5.74) is 1.10. The number of phenolic OH excluding ortho intramolecular Hbond substituents is 1. The molecule has 146 valence electrons. The molecule has 3 aromatic rings. The van der Waals surface area contributed by atoms with Crippen molar-refractivity contribution in [3.8, 4) is 38.9 Å². The van der Waals surface area contributed by atoms with Crippen LogP contribution in [-0.4, -0.2) is 49.6 Å². The van der Waals surface area contributed by atoms with Crippen LogP contribution in [0.4, 0.5) is 4.39 Å². The van der Waals surface area contributed by atoms with E-state index in [2.05, 4.69) is 25.1 Å². The molecule has 10 heteroatoms. The van der Waals surface area contributed by atoms with E-state index < -0.39 is 12.3 Å². The van der Waals surface area contributed by atoms with Gasteiger partial charge in [0, 0.05) is 5.56 Å². The van der Waals surface area contributed by atoms with Crippen molar-refractivity contribution in [1.29, 1.82) is 0 Å². The summed E-state index contributed by atoms with van der Waals surface area (Å²) in [7, 11) is 1.47. The lowest BCUT2D eigenvalue weighted by Crippen LogP contribution is -2.31. The van der Waals surface area contributed by atoms with Crippen LogP contribution in [0.3, 0.4) is 0 Å². The smallest absolute Gasteiger partial charge is 0.319 e. The van der Waals surface area contributed by atoms with Gasteiger partial charge in [-0.3, -0.25) is 0 Å². The largest absolute Gasteiger partial charge is 0.507 e. The van der Waals surface area contributed by atoms with E-state index in [4.69, 9.17) is 9.47 Å². The number of hydrogen-bond acceptors (Lipinski definition) is 9. The number of alkyl halides is 1. The van der Waals surface area contributed by atoms with Crippen molar-refractivity contribution in [3.05, 3.63) is 24.5 Å². The highest BCUT2D eigenvalue weighted by Crippen LogP contribution is 2.37. The number of hydrogen-bond donors (Lipinski definition) is 1. The Labute approximate surface area is 164 Å². The molecule has 0 spiro atoms. The summed E-state index contributed by atoms with van der Waals surface area (Å²) < 4.78 is 24.6. The lowest BCUT2D eigenvalue weighted by molar-refractivity contribution is 0.0630. The fourth-order valence-corrected chi connectivity index (χ4v) is 3.83. The second-order valence-electron chi connectivity index (χ2n) is 6.36. The quantitative estimate of drug-likeness (QED) is 0.691. The van der Waals surface area contributed by atoms with Crippen LogP contribution in [0, 0.1) is 0 Å². The first kappa shape index (κ1) is 18.5. The fourth-order valence-electron chi connectivity index (χ4n) is 3.05. The molecule has 1 aliphatic carbocycles. The summed E-state index contributed by atoms with van der Waals surface area (Å²) in [5, 5.41) is 19.3. The molecule has 0 unspecified atom stereocenters. The Morgan fingerprint density at radius 3 is 2.82 bits per heavy atom. The van der Waals surface area contributed by atoms with Gasteiger partial charge in [-0.15, -0.1) is 5.10 Å². The zero-order valence-corrected chi connectivity index (χ0v) is 15.9. The number of ether oxygens (including phenoxy) is 2. The Morgan fingerprint density at radius 1 is 1.18 bits per heavy atom. The maximum atomic E-state index is 14.0. The molecule has 0 radical (unpaired) electrons. The second kappa shape index (κ2) is 8.01. The molecule has 2 heterocycles. The van der Waals surface area contributed by atoms with Crippen molar-refractivity contribution in [3.63, 3.8) is 0 Å². The minimum atomic E-state index is -0.980. The van der Waals surface area contributed by atoms with E-state index in [1.165, 1.54) is 30.8 Å². The van der Waals surface area contributed by atoms with Gasteiger partial charge < -0.3 is 14.6 Å². The van der Waals surface area contributed by atoms with Gasteiger partial charge in [0.05, 0.1) is 12.7 Å². The van der Waals surface area contributed by atoms with Crippen molar-refractivity contribution in [2.24, 2.45) is 0 Å². The van der Waals surface area contributed by atoms with E-state index in [-0.39, 0.29) is 11.8 Å². The van der Waals surface area contributed by atoms with Gasteiger partial charge in [-0.25, -0.2) is 9.37 Å². The van der Waals surface area contributed by atoms with Crippen molar-refractivity contribution >= 4 is 11.3 Å². The monoisotopic (exact) mass is 403 g/mol. The predicted octanol–water partition coefficient (Wildman–Crippen LogP) is 3.43. The van der Waals surface area contributed by atoms with E-state index in [0.717, 1.165) is 12.8 Å². The number of halogens is 1. The number of rotatable bonds is 5. The molecule has 8 nitrogen and oxygen atoms in total. The minimum absolute atomic E-state index is 0.000568. The Hall–Kier alpha value is -2.88. The first-order chi connectivity index (χ1) is 13.6. The molecule has 2 aromatic heterocycles. The summed E-state index contributed by atoms with van der Waals surface area (Å²) in [6, 6.07) is 5.17. The van der Waals surface area contributed by atoms with Gasteiger partial charge in [0.2, 0.25) is 0 Å². The van der Waals surface area contributed by atoms with E-state index in [9.17, 15) is 9.50 Å². The summed E-state index contributed by atoms with van der Waals surface area (Å²) in [5.74, 6) is 0.377. The van der Waals surface area contributed by atoms with Gasteiger partial charge in [-0.2, -0.15) is 9.97 Å². The third-order valence-corrected chi connectivity index (χ3v) is 5.35. The molecular weight excluding hydrogens is 385 g/mol. The number of aromatic hydroxyl groups is 1. The van der Waals surface area contributed by atoms with Crippen molar-refractivity contribution in [1.82, 2.24) is 25.1 Å². The summed E-state index contributed by atoms with van der Waals surface area (Å²) in [4.78, 5) is 12.1. The van der Waals surface area contributed by atoms with Crippen LogP contribution in [0.1, 0.15) is 25.7 Å². The Balaban J connectivity index is 1.54. The molecule has 28 heavy (non-hydrogen) atoms. The molecule has 1 aliphatic rings. The lowest BCUT2D eigenvalue weighted by atomic mass is 9.96. The third-order valence-electron chi connectivity index (χ3n) is 4.50. The average molecular weight is 403 g/mol. The van der Waals surface area contributed by atoms with Gasteiger partial charge in [-0.05, 0) is 31.4 Å². The summed E-state index contributed by atoms with van der Waals surface area (Å²) in [6.07, 6.45) is 2.89. The third kappa shape index (κ3) is 3.86. The Kier molecular flexibility index (Phi) is 5.29. The predicted molar refractivity (Wildman–Crippen MR) is 100 cm³/mol. The highest BCUT2D eigenvalue weighted by atomic mass is 32.1. The highest BCUT2D eigenvalue weighted by molar-refractivity contribution is 7.16. The summed E-state index contributed by atoms with van der Waals surface area (Å²) >= 11 is 1.17. The van der Waals surface area contributed by atoms with Gasteiger partial charge >= 0.3 is 6.01 Å². The van der Waals surface area contributed by atoms with Crippen LogP contribution >= 0.6 is 11.3 Å². The van der Waals surface area contributed by atoms with E-state index >= 15 is 0 Å². The molecule has 4 rings (SSSR count). The number of aromatic nitrogens is 5. The molecule has 1 saturated carbocycles. The lowest BCUT2D eigenvalue weighted by Gasteiger charge is -2.24. The average Bonchev–Trinajstić information content (AvgIpc) is 3.18. The molecule has 1 aromatic carbocycles. The van der Waals surface area contributed by atoms with Crippen molar-refractivity contribution < 1.29 is 19.0 Å². The van der Waals surface area contributed by atoms with Gasteiger partial charge in [0.1, 0.15) is 24.4 Å². The van der Waals surface area contributed by atoms with Gasteiger partial charge in [-0.1, -0.05) is 28.9 Å².